The van der Waals surface area contributed by atoms with Gasteiger partial charge in [-0.05, 0) is 35.4 Å². The van der Waals surface area contributed by atoms with Crippen LogP contribution < -0.4 is 5.56 Å². The molecule has 2 aromatic heterocycles. The Morgan fingerprint density at radius 3 is 2.50 bits per heavy atom. The normalized spacial score (nSPS) is 18.6. The van der Waals surface area contributed by atoms with Crippen molar-refractivity contribution < 1.29 is 0 Å². The standard InChI is InChI=1S/C15H20IN3O/c16-12-9-19(14-13(12)15(20)18-10-17-14)11-7-5-3-1-2-4-6-8-11/h9-11H,1-8H2,(H,17,18,20). The van der Waals surface area contributed by atoms with Gasteiger partial charge in [-0.1, -0.05) is 38.5 Å². The molecule has 0 aromatic carbocycles. The Kier molecular flexibility index (Phi) is 4.43. The Hall–Kier alpha value is -0.850. The molecule has 1 saturated carbocycles. The lowest BCUT2D eigenvalue weighted by Gasteiger charge is -2.18. The van der Waals surface area contributed by atoms with E-state index in [4.69, 9.17) is 0 Å². The van der Waals surface area contributed by atoms with Gasteiger partial charge < -0.3 is 9.55 Å². The maximum atomic E-state index is 12.0. The van der Waals surface area contributed by atoms with Crippen LogP contribution in [0.5, 0.6) is 0 Å². The van der Waals surface area contributed by atoms with Gasteiger partial charge in [-0.3, -0.25) is 4.79 Å². The molecule has 3 rings (SSSR count). The number of nitrogens with one attached hydrogen (secondary N) is 1. The van der Waals surface area contributed by atoms with E-state index in [1.165, 1.54) is 57.7 Å². The first-order valence-electron chi connectivity index (χ1n) is 7.51. The molecule has 4 nitrogen and oxygen atoms in total. The van der Waals surface area contributed by atoms with Crippen LogP contribution in [0.4, 0.5) is 0 Å². The van der Waals surface area contributed by atoms with Crippen molar-refractivity contribution >= 4 is 33.6 Å². The fraction of sp³-hybridized carbons (Fsp3) is 0.600. The first kappa shape index (κ1) is 14.1. The monoisotopic (exact) mass is 385 g/mol. The predicted octanol–water partition coefficient (Wildman–Crippen LogP) is 4.00. The minimum Gasteiger partial charge on any atom is -0.328 e. The Morgan fingerprint density at radius 2 is 1.80 bits per heavy atom. The molecule has 2 aromatic rings. The predicted molar refractivity (Wildman–Crippen MR) is 89.0 cm³/mol. The second-order valence-electron chi connectivity index (χ2n) is 5.67. The Balaban J connectivity index is 1.99. The molecule has 0 atom stereocenters. The van der Waals surface area contributed by atoms with E-state index in [2.05, 4.69) is 43.3 Å². The summed E-state index contributed by atoms with van der Waals surface area (Å²) in [7, 11) is 0. The average Bonchev–Trinajstić information content (AvgIpc) is 2.83. The van der Waals surface area contributed by atoms with E-state index in [0.29, 0.717) is 6.04 Å². The topological polar surface area (TPSA) is 50.7 Å². The molecular weight excluding hydrogens is 365 g/mol. The van der Waals surface area contributed by atoms with Crippen molar-refractivity contribution in [1.82, 2.24) is 14.5 Å². The third-order valence-corrected chi connectivity index (χ3v) is 5.10. The van der Waals surface area contributed by atoms with Crippen LogP contribution in [0, 0.1) is 3.57 Å². The maximum Gasteiger partial charge on any atom is 0.261 e. The van der Waals surface area contributed by atoms with Crippen LogP contribution in [0.3, 0.4) is 0 Å². The summed E-state index contributed by atoms with van der Waals surface area (Å²) in [6.45, 7) is 0. The van der Waals surface area contributed by atoms with Crippen LogP contribution >= 0.6 is 22.6 Å². The summed E-state index contributed by atoms with van der Waals surface area (Å²) in [5.41, 5.74) is 0.823. The highest BCUT2D eigenvalue weighted by Crippen LogP contribution is 2.30. The fourth-order valence-corrected chi connectivity index (χ4v) is 4.00. The molecule has 1 N–H and O–H groups in total. The molecule has 20 heavy (non-hydrogen) atoms. The first-order valence-corrected chi connectivity index (χ1v) is 8.59. The smallest absolute Gasteiger partial charge is 0.261 e. The molecule has 1 fully saturated rings. The zero-order chi connectivity index (χ0) is 13.9. The van der Waals surface area contributed by atoms with Crippen LogP contribution in [0.25, 0.3) is 11.0 Å². The van der Waals surface area contributed by atoms with Crippen molar-refractivity contribution in [2.24, 2.45) is 0 Å². The van der Waals surface area contributed by atoms with Gasteiger partial charge in [0.25, 0.3) is 5.56 Å². The molecule has 108 valence electrons. The molecule has 0 saturated heterocycles. The molecule has 0 radical (unpaired) electrons. The molecule has 1 aliphatic carbocycles. The van der Waals surface area contributed by atoms with E-state index in [9.17, 15) is 4.79 Å². The van der Waals surface area contributed by atoms with Gasteiger partial charge in [0.2, 0.25) is 0 Å². The number of hydrogen-bond acceptors (Lipinski definition) is 2. The summed E-state index contributed by atoms with van der Waals surface area (Å²) >= 11 is 2.24. The zero-order valence-electron chi connectivity index (χ0n) is 11.6. The lowest BCUT2D eigenvalue weighted by atomic mass is 10.1. The van der Waals surface area contributed by atoms with Crippen LogP contribution in [-0.2, 0) is 0 Å². The number of halogens is 1. The number of hydrogen-bond donors (Lipinski definition) is 1. The highest BCUT2D eigenvalue weighted by atomic mass is 127. The summed E-state index contributed by atoms with van der Waals surface area (Å²) in [5.74, 6) is 0. The van der Waals surface area contributed by atoms with Crippen molar-refractivity contribution in [3.05, 3.63) is 26.4 Å². The lowest BCUT2D eigenvalue weighted by molar-refractivity contribution is 0.424. The number of aromatic amines is 1. The summed E-state index contributed by atoms with van der Waals surface area (Å²) in [6, 6.07) is 0.494. The van der Waals surface area contributed by atoms with E-state index in [1.807, 2.05) is 0 Å². The van der Waals surface area contributed by atoms with Gasteiger partial charge in [-0.15, -0.1) is 0 Å². The van der Waals surface area contributed by atoms with Crippen LogP contribution in [0.2, 0.25) is 0 Å². The summed E-state index contributed by atoms with van der Waals surface area (Å²) in [4.78, 5) is 19.1. The van der Waals surface area contributed by atoms with Gasteiger partial charge in [0.1, 0.15) is 5.65 Å². The minimum absolute atomic E-state index is 0.0267. The third-order valence-electron chi connectivity index (χ3n) is 4.29. The maximum absolute atomic E-state index is 12.0. The van der Waals surface area contributed by atoms with Crippen LogP contribution in [-0.4, -0.2) is 14.5 Å². The van der Waals surface area contributed by atoms with Gasteiger partial charge in [0.15, 0.2) is 0 Å². The Bertz CT molecular complexity index is 636. The highest BCUT2D eigenvalue weighted by Gasteiger charge is 2.18. The largest absolute Gasteiger partial charge is 0.328 e. The Morgan fingerprint density at radius 1 is 1.15 bits per heavy atom. The second kappa shape index (κ2) is 6.28. The van der Waals surface area contributed by atoms with Crippen LogP contribution in [0.15, 0.2) is 17.3 Å². The minimum atomic E-state index is -0.0267. The first-order chi connectivity index (χ1) is 9.77. The van der Waals surface area contributed by atoms with E-state index in [-0.39, 0.29) is 5.56 Å². The third kappa shape index (κ3) is 2.77. The van der Waals surface area contributed by atoms with Crippen molar-refractivity contribution in [2.75, 3.05) is 0 Å². The van der Waals surface area contributed by atoms with Gasteiger partial charge >= 0.3 is 0 Å². The quantitative estimate of drug-likeness (QED) is 0.755. The Labute approximate surface area is 132 Å². The molecule has 0 spiro atoms. The molecule has 2 heterocycles. The number of nitrogens with zero attached hydrogens (tertiary/aromatic N) is 2. The van der Waals surface area contributed by atoms with Crippen molar-refractivity contribution in [3.8, 4) is 0 Å². The van der Waals surface area contributed by atoms with Crippen molar-refractivity contribution in [3.63, 3.8) is 0 Å². The summed E-state index contributed by atoms with van der Waals surface area (Å²) in [6.07, 6.45) is 14.0. The highest BCUT2D eigenvalue weighted by molar-refractivity contribution is 14.1. The molecular formula is C15H20IN3O. The van der Waals surface area contributed by atoms with Gasteiger partial charge in [-0.2, -0.15) is 0 Å². The lowest BCUT2D eigenvalue weighted by Crippen LogP contribution is -2.11. The van der Waals surface area contributed by atoms with Crippen molar-refractivity contribution in [1.29, 1.82) is 0 Å². The van der Waals surface area contributed by atoms with E-state index < -0.39 is 0 Å². The molecule has 0 amide bonds. The molecule has 5 heteroatoms. The van der Waals surface area contributed by atoms with E-state index >= 15 is 0 Å². The number of fused-ring (bicyclic) bond motifs is 1. The molecule has 0 aliphatic heterocycles. The van der Waals surface area contributed by atoms with Gasteiger partial charge in [0, 0.05) is 15.8 Å². The number of rotatable bonds is 1. The number of aromatic nitrogens is 3. The van der Waals surface area contributed by atoms with Crippen LogP contribution in [0.1, 0.15) is 57.4 Å². The zero-order valence-corrected chi connectivity index (χ0v) is 13.7. The number of H-pyrrole nitrogens is 1. The van der Waals surface area contributed by atoms with Gasteiger partial charge in [0.05, 0.1) is 11.7 Å². The van der Waals surface area contributed by atoms with Crippen molar-refractivity contribution in [2.45, 2.75) is 57.4 Å². The summed E-state index contributed by atoms with van der Waals surface area (Å²) < 4.78 is 3.25. The average molecular weight is 385 g/mol. The molecule has 0 bridgehead atoms. The van der Waals surface area contributed by atoms with E-state index in [1.54, 1.807) is 0 Å². The molecule has 1 aliphatic rings. The van der Waals surface area contributed by atoms with Gasteiger partial charge in [-0.25, -0.2) is 4.98 Å². The summed E-state index contributed by atoms with van der Waals surface area (Å²) in [5, 5.41) is 0.743. The van der Waals surface area contributed by atoms with E-state index in [0.717, 1.165) is 14.6 Å². The SMILES string of the molecule is O=c1[nH]cnc2c1c(I)cn2C1CCCCCCCC1. The second-order valence-corrected chi connectivity index (χ2v) is 6.83. The molecule has 0 unspecified atom stereocenters. The fourth-order valence-electron chi connectivity index (χ4n) is 3.22.